The van der Waals surface area contributed by atoms with Gasteiger partial charge in [-0.3, -0.25) is 9.52 Å². The van der Waals surface area contributed by atoms with Gasteiger partial charge in [-0.05, 0) is 74.7 Å². The maximum atomic E-state index is 12.7. The minimum Gasteiger partial charge on any atom is -0.484 e. The summed E-state index contributed by atoms with van der Waals surface area (Å²) in [6.07, 6.45) is 0. The second kappa shape index (κ2) is 9.76. The summed E-state index contributed by atoms with van der Waals surface area (Å²) in [6.45, 7) is 7.70. The second-order valence-electron chi connectivity index (χ2n) is 7.04. The van der Waals surface area contributed by atoms with E-state index in [0.29, 0.717) is 23.6 Å². The number of methoxy groups -OCH3 is 1. The lowest BCUT2D eigenvalue weighted by Gasteiger charge is -2.15. The average molecular weight is 421 g/mol. The molecule has 0 spiro atoms. The molecule has 0 bridgehead atoms. The van der Waals surface area contributed by atoms with Gasteiger partial charge < -0.3 is 14.8 Å². The first-order chi connectivity index (χ1) is 13.6. The minimum absolute atomic E-state index is 0.124. The standard InChI is InChI=1S/C21H28N2O5S/c1-14-6-7-18(10-15(14)2)23-29(25,26)19-8-9-20(16(3)11-19)28-13-21(24)22-17(4)12-27-5/h6-11,17,23H,12-13H2,1-5H3,(H,22,24)/t17-/m1/s1. The van der Waals surface area contributed by atoms with Crippen molar-refractivity contribution in [3.05, 3.63) is 53.1 Å². The van der Waals surface area contributed by atoms with Gasteiger partial charge in [-0.1, -0.05) is 6.07 Å². The summed E-state index contributed by atoms with van der Waals surface area (Å²) in [5, 5.41) is 2.75. The number of ether oxygens (including phenoxy) is 2. The zero-order valence-electron chi connectivity index (χ0n) is 17.4. The highest BCUT2D eigenvalue weighted by Crippen LogP contribution is 2.24. The summed E-state index contributed by atoms with van der Waals surface area (Å²) in [7, 11) is -2.17. The Labute approximate surface area is 172 Å². The first-order valence-corrected chi connectivity index (χ1v) is 10.7. The highest BCUT2D eigenvalue weighted by Gasteiger charge is 2.17. The Hall–Kier alpha value is -2.58. The third kappa shape index (κ3) is 6.47. The van der Waals surface area contributed by atoms with Crippen molar-refractivity contribution in [2.45, 2.75) is 38.6 Å². The molecule has 0 unspecified atom stereocenters. The molecule has 7 nitrogen and oxygen atoms in total. The molecule has 0 aliphatic heterocycles. The van der Waals surface area contributed by atoms with Crippen LogP contribution in [0, 0.1) is 20.8 Å². The van der Waals surface area contributed by atoms with Crippen LogP contribution in [0.1, 0.15) is 23.6 Å². The van der Waals surface area contributed by atoms with E-state index < -0.39 is 10.0 Å². The first kappa shape index (κ1) is 22.7. The molecule has 0 radical (unpaired) electrons. The van der Waals surface area contributed by atoms with Crippen LogP contribution >= 0.6 is 0 Å². The van der Waals surface area contributed by atoms with E-state index in [1.165, 1.54) is 12.1 Å². The third-order valence-electron chi connectivity index (χ3n) is 4.40. The molecule has 0 aliphatic carbocycles. The summed E-state index contributed by atoms with van der Waals surface area (Å²) in [4.78, 5) is 12.0. The number of aryl methyl sites for hydroxylation is 3. The molecule has 0 aromatic heterocycles. The zero-order valence-corrected chi connectivity index (χ0v) is 18.2. The summed E-state index contributed by atoms with van der Waals surface area (Å²) < 4.78 is 38.4. The van der Waals surface area contributed by atoms with Crippen LogP contribution in [0.5, 0.6) is 5.75 Å². The molecule has 1 amide bonds. The molecule has 2 aromatic rings. The van der Waals surface area contributed by atoms with Gasteiger partial charge in [-0.25, -0.2) is 8.42 Å². The Morgan fingerprint density at radius 3 is 2.38 bits per heavy atom. The predicted molar refractivity (Wildman–Crippen MR) is 113 cm³/mol. The SMILES string of the molecule is COC[C@@H](C)NC(=O)COc1ccc(S(=O)(=O)Nc2ccc(C)c(C)c2)cc1C. The second-order valence-corrected chi connectivity index (χ2v) is 8.73. The van der Waals surface area contributed by atoms with Crippen LogP contribution in [-0.2, 0) is 19.6 Å². The fourth-order valence-electron chi connectivity index (χ4n) is 2.72. The van der Waals surface area contributed by atoms with Gasteiger partial charge >= 0.3 is 0 Å². The summed E-state index contributed by atoms with van der Waals surface area (Å²) >= 11 is 0. The monoisotopic (exact) mass is 420 g/mol. The number of carbonyl (C=O) groups is 1. The molecule has 0 fully saturated rings. The van der Waals surface area contributed by atoms with Crippen LogP contribution in [0.4, 0.5) is 5.69 Å². The highest BCUT2D eigenvalue weighted by atomic mass is 32.2. The van der Waals surface area contributed by atoms with Crippen molar-refractivity contribution in [1.29, 1.82) is 0 Å². The number of rotatable bonds is 9. The lowest BCUT2D eigenvalue weighted by molar-refractivity contribution is -0.124. The lowest BCUT2D eigenvalue weighted by Crippen LogP contribution is -2.38. The Balaban J connectivity index is 2.05. The number of anilines is 1. The van der Waals surface area contributed by atoms with Crippen LogP contribution in [0.3, 0.4) is 0 Å². The lowest BCUT2D eigenvalue weighted by atomic mass is 10.1. The normalized spacial score (nSPS) is 12.3. The quantitative estimate of drug-likeness (QED) is 0.651. The molecule has 29 heavy (non-hydrogen) atoms. The van der Waals surface area contributed by atoms with Crippen LogP contribution in [0.2, 0.25) is 0 Å². The van der Waals surface area contributed by atoms with Gasteiger partial charge in [0.1, 0.15) is 5.75 Å². The average Bonchev–Trinajstić information content (AvgIpc) is 2.63. The molecule has 0 heterocycles. The smallest absolute Gasteiger partial charge is 0.261 e. The molecule has 1 atom stereocenters. The number of benzene rings is 2. The Morgan fingerprint density at radius 1 is 1.03 bits per heavy atom. The van der Waals surface area contributed by atoms with Gasteiger partial charge in [0, 0.05) is 18.8 Å². The highest BCUT2D eigenvalue weighted by molar-refractivity contribution is 7.92. The number of hydrogen-bond acceptors (Lipinski definition) is 5. The molecule has 0 saturated heterocycles. The van der Waals surface area contributed by atoms with Gasteiger partial charge in [-0.2, -0.15) is 0 Å². The van der Waals surface area contributed by atoms with E-state index in [1.54, 1.807) is 32.2 Å². The summed E-state index contributed by atoms with van der Waals surface area (Å²) in [6, 6.07) is 9.79. The van der Waals surface area contributed by atoms with Gasteiger partial charge in [-0.15, -0.1) is 0 Å². The molecule has 158 valence electrons. The number of hydrogen-bond donors (Lipinski definition) is 2. The van der Waals surface area contributed by atoms with E-state index in [-0.39, 0.29) is 23.5 Å². The molecule has 8 heteroatoms. The van der Waals surface area contributed by atoms with Crippen molar-refractivity contribution in [2.24, 2.45) is 0 Å². The van der Waals surface area contributed by atoms with Crippen molar-refractivity contribution in [3.63, 3.8) is 0 Å². The van der Waals surface area contributed by atoms with E-state index in [1.807, 2.05) is 26.8 Å². The largest absolute Gasteiger partial charge is 0.484 e. The van der Waals surface area contributed by atoms with E-state index in [4.69, 9.17) is 9.47 Å². The number of nitrogens with one attached hydrogen (secondary N) is 2. The van der Waals surface area contributed by atoms with Crippen LogP contribution in [0.15, 0.2) is 41.3 Å². The van der Waals surface area contributed by atoms with Gasteiger partial charge in [0.15, 0.2) is 6.61 Å². The number of amides is 1. The number of sulfonamides is 1. The minimum atomic E-state index is -3.73. The first-order valence-electron chi connectivity index (χ1n) is 9.24. The molecular formula is C21H28N2O5S. The van der Waals surface area contributed by atoms with Crippen molar-refractivity contribution in [2.75, 3.05) is 25.0 Å². The van der Waals surface area contributed by atoms with Crippen LogP contribution in [-0.4, -0.2) is 40.7 Å². The maximum Gasteiger partial charge on any atom is 0.261 e. The van der Waals surface area contributed by atoms with E-state index in [9.17, 15) is 13.2 Å². The Morgan fingerprint density at radius 2 is 1.76 bits per heavy atom. The fourth-order valence-corrected chi connectivity index (χ4v) is 3.86. The summed E-state index contributed by atoms with van der Waals surface area (Å²) in [5.41, 5.74) is 3.22. The van der Waals surface area contributed by atoms with Crippen LogP contribution < -0.4 is 14.8 Å². The Kier molecular flexibility index (Phi) is 7.64. The van der Waals surface area contributed by atoms with Crippen molar-refractivity contribution >= 4 is 21.6 Å². The Bertz CT molecular complexity index is 973. The van der Waals surface area contributed by atoms with E-state index in [0.717, 1.165) is 11.1 Å². The van der Waals surface area contributed by atoms with Crippen LogP contribution in [0.25, 0.3) is 0 Å². The molecular weight excluding hydrogens is 392 g/mol. The van der Waals surface area contributed by atoms with Crippen molar-refractivity contribution < 1.29 is 22.7 Å². The fraction of sp³-hybridized carbons (Fsp3) is 0.381. The molecule has 2 rings (SSSR count). The van der Waals surface area contributed by atoms with E-state index >= 15 is 0 Å². The van der Waals surface area contributed by atoms with Gasteiger partial charge in [0.05, 0.1) is 11.5 Å². The summed E-state index contributed by atoms with van der Waals surface area (Å²) in [5.74, 6) is 0.173. The molecule has 0 saturated carbocycles. The van der Waals surface area contributed by atoms with E-state index in [2.05, 4.69) is 10.0 Å². The van der Waals surface area contributed by atoms with Crippen molar-refractivity contribution in [3.8, 4) is 5.75 Å². The predicted octanol–water partition coefficient (Wildman–Crippen LogP) is 2.94. The molecule has 0 aliphatic rings. The maximum absolute atomic E-state index is 12.7. The van der Waals surface area contributed by atoms with Gasteiger partial charge in [0.2, 0.25) is 0 Å². The molecule has 2 N–H and O–H groups in total. The molecule has 2 aromatic carbocycles. The topological polar surface area (TPSA) is 93.7 Å². The van der Waals surface area contributed by atoms with Crippen molar-refractivity contribution in [1.82, 2.24) is 5.32 Å². The van der Waals surface area contributed by atoms with Gasteiger partial charge in [0.25, 0.3) is 15.9 Å². The zero-order chi connectivity index (χ0) is 21.6. The third-order valence-corrected chi connectivity index (χ3v) is 5.78. The number of carbonyl (C=O) groups excluding carboxylic acids is 1.